The summed E-state index contributed by atoms with van der Waals surface area (Å²) in [5.74, 6) is 2.64. The van der Waals surface area contributed by atoms with Crippen LogP contribution in [0.4, 0.5) is 5.82 Å². The molecule has 1 amide bonds. The molecule has 3 aliphatic rings. The van der Waals surface area contributed by atoms with E-state index in [1.54, 1.807) is 11.5 Å². The van der Waals surface area contributed by atoms with Gasteiger partial charge in [-0.25, -0.2) is 0 Å². The third kappa shape index (κ3) is 4.02. The monoisotopic (exact) mass is 412 g/mol. The summed E-state index contributed by atoms with van der Waals surface area (Å²) in [4.78, 5) is 19.8. The maximum absolute atomic E-state index is 12.6. The Labute approximate surface area is 177 Å². The highest BCUT2D eigenvalue weighted by Gasteiger charge is 2.40. The van der Waals surface area contributed by atoms with Crippen molar-refractivity contribution in [2.45, 2.75) is 38.5 Å². The fraction of sp³-hybridized carbons (Fsp3) is 0.652. The molecular formula is C23H32N4OS. The minimum Gasteiger partial charge on any atom is -0.353 e. The van der Waals surface area contributed by atoms with E-state index in [1.165, 1.54) is 41.6 Å². The van der Waals surface area contributed by atoms with Crippen LogP contribution in [0.2, 0.25) is 0 Å². The second kappa shape index (κ2) is 8.60. The Morgan fingerprint density at radius 2 is 1.79 bits per heavy atom. The van der Waals surface area contributed by atoms with Gasteiger partial charge in [-0.3, -0.25) is 9.69 Å². The lowest BCUT2D eigenvalue weighted by Gasteiger charge is -2.35. The van der Waals surface area contributed by atoms with Gasteiger partial charge in [-0.05, 0) is 61.8 Å². The number of anilines is 1. The van der Waals surface area contributed by atoms with Crippen molar-refractivity contribution in [2.24, 2.45) is 11.8 Å². The summed E-state index contributed by atoms with van der Waals surface area (Å²) >= 11 is 1.61. The average molecular weight is 413 g/mol. The SMILES string of the molecule is O=C1C2CCCCC2CN1CCCCN1CCN(c2nsc3ccccc23)CC1. The summed E-state index contributed by atoms with van der Waals surface area (Å²) in [5.41, 5.74) is 0. The maximum Gasteiger partial charge on any atom is 0.226 e. The summed E-state index contributed by atoms with van der Waals surface area (Å²) in [6.45, 7) is 7.49. The minimum atomic E-state index is 0.360. The number of aromatic nitrogens is 1. The number of unbranched alkanes of at least 4 members (excludes halogenated alkanes) is 1. The number of piperazine rings is 1. The molecule has 1 aliphatic carbocycles. The van der Waals surface area contributed by atoms with E-state index >= 15 is 0 Å². The smallest absolute Gasteiger partial charge is 0.226 e. The van der Waals surface area contributed by atoms with E-state index in [0.29, 0.717) is 17.7 Å². The molecule has 2 aliphatic heterocycles. The summed E-state index contributed by atoms with van der Waals surface area (Å²) in [6, 6.07) is 8.55. The predicted molar refractivity (Wildman–Crippen MR) is 120 cm³/mol. The molecule has 3 fully saturated rings. The van der Waals surface area contributed by atoms with Crippen LogP contribution in [0.3, 0.4) is 0 Å². The Balaban J connectivity index is 1.04. The largest absolute Gasteiger partial charge is 0.353 e. The highest BCUT2D eigenvalue weighted by molar-refractivity contribution is 7.13. The number of carbonyl (C=O) groups excluding carboxylic acids is 1. The van der Waals surface area contributed by atoms with E-state index in [2.05, 4.69) is 39.0 Å². The number of rotatable bonds is 6. The summed E-state index contributed by atoms with van der Waals surface area (Å²) in [5, 5.41) is 1.29. The third-order valence-electron chi connectivity index (χ3n) is 7.18. The van der Waals surface area contributed by atoms with Gasteiger partial charge in [0.1, 0.15) is 5.82 Å². The molecule has 1 aromatic carbocycles. The molecule has 1 saturated carbocycles. The Kier molecular flexibility index (Phi) is 5.73. The van der Waals surface area contributed by atoms with Crippen LogP contribution in [-0.2, 0) is 4.79 Å². The molecule has 0 spiro atoms. The van der Waals surface area contributed by atoms with Gasteiger partial charge >= 0.3 is 0 Å². The topological polar surface area (TPSA) is 39.7 Å². The second-order valence-electron chi connectivity index (χ2n) is 8.97. The molecule has 2 atom stereocenters. The molecule has 3 heterocycles. The van der Waals surface area contributed by atoms with Gasteiger partial charge in [0.2, 0.25) is 5.91 Å². The van der Waals surface area contributed by atoms with Crippen molar-refractivity contribution in [3.05, 3.63) is 24.3 Å². The number of fused-ring (bicyclic) bond motifs is 2. The van der Waals surface area contributed by atoms with E-state index in [0.717, 1.165) is 58.7 Å². The van der Waals surface area contributed by atoms with Crippen molar-refractivity contribution in [3.8, 4) is 0 Å². The van der Waals surface area contributed by atoms with Gasteiger partial charge in [0, 0.05) is 50.6 Å². The first kappa shape index (κ1) is 19.3. The lowest BCUT2D eigenvalue weighted by atomic mass is 9.81. The van der Waals surface area contributed by atoms with Crippen LogP contribution < -0.4 is 4.90 Å². The summed E-state index contributed by atoms with van der Waals surface area (Å²) in [7, 11) is 0. The molecule has 2 saturated heterocycles. The van der Waals surface area contributed by atoms with Crippen LogP contribution in [0, 0.1) is 11.8 Å². The van der Waals surface area contributed by atoms with Crippen molar-refractivity contribution in [3.63, 3.8) is 0 Å². The fourth-order valence-corrected chi connectivity index (χ4v) is 6.28. The average Bonchev–Trinajstić information content (AvgIpc) is 3.33. The first-order valence-corrected chi connectivity index (χ1v) is 12.2. The molecule has 6 heteroatoms. The van der Waals surface area contributed by atoms with Gasteiger partial charge in [-0.1, -0.05) is 25.0 Å². The van der Waals surface area contributed by atoms with Crippen LogP contribution >= 0.6 is 11.5 Å². The van der Waals surface area contributed by atoms with E-state index in [1.807, 2.05) is 0 Å². The zero-order chi connectivity index (χ0) is 19.6. The number of hydrogen-bond acceptors (Lipinski definition) is 5. The van der Waals surface area contributed by atoms with Crippen molar-refractivity contribution in [2.75, 3.05) is 50.7 Å². The second-order valence-corrected chi connectivity index (χ2v) is 9.78. The number of benzene rings is 1. The fourth-order valence-electron chi connectivity index (χ4n) is 5.48. The Morgan fingerprint density at radius 3 is 2.66 bits per heavy atom. The Hall–Kier alpha value is -1.66. The summed E-state index contributed by atoms with van der Waals surface area (Å²) in [6.07, 6.45) is 7.32. The first-order valence-electron chi connectivity index (χ1n) is 11.4. The number of nitrogens with zero attached hydrogens (tertiary/aromatic N) is 4. The number of carbonyl (C=O) groups is 1. The lowest BCUT2D eigenvalue weighted by Crippen LogP contribution is -2.46. The molecule has 1 aromatic heterocycles. The first-order chi connectivity index (χ1) is 14.3. The van der Waals surface area contributed by atoms with Gasteiger partial charge in [0.25, 0.3) is 0 Å². The van der Waals surface area contributed by atoms with Crippen molar-refractivity contribution < 1.29 is 4.79 Å². The standard InChI is InChI=1S/C23H32N4OS/c28-23-19-8-2-1-7-18(19)17-27(23)12-6-5-11-25-13-15-26(16-14-25)22-20-9-3-4-10-21(20)29-24-22/h3-4,9-10,18-19H,1-2,5-8,11-17H2. The van der Waals surface area contributed by atoms with E-state index in [4.69, 9.17) is 4.37 Å². The quantitative estimate of drug-likeness (QED) is 0.676. The van der Waals surface area contributed by atoms with Crippen LogP contribution in [0.1, 0.15) is 38.5 Å². The van der Waals surface area contributed by atoms with E-state index in [9.17, 15) is 4.79 Å². The minimum absolute atomic E-state index is 0.360. The lowest BCUT2D eigenvalue weighted by molar-refractivity contribution is -0.131. The molecule has 0 radical (unpaired) electrons. The van der Waals surface area contributed by atoms with Crippen molar-refractivity contribution >= 4 is 33.3 Å². The van der Waals surface area contributed by atoms with Crippen LogP contribution in [0.5, 0.6) is 0 Å². The van der Waals surface area contributed by atoms with E-state index in [-0.39, 0.29) is 0 Å². The molecule has 5 nitrogen and oxygen atoms in total. The molecule has 0 bridgehead atoms. The third-order valence-corrected chi connectivity index (χ3v) is 7.99. The maximum atomic E-state index is 12.6. The van der Waals surface area contributed by atoms with Crippen LogP contribution in [-0.4, -0.2) is 65.9 Å². The number of amides is 1. The molecule has 2 unspecified atom stereocenters. The van der Waals surface area contributed by atoms with Crippen molar-refractivity contribution in [1.82, 2.24) is 14.2 Å². The van der Waals surface area contributed by atoms with Gasteiger partial charge < -0.3 is 9.80 Å². The molecule has 29 heavy (non-hydrogen) atoms. The highest BCUT2D eigenvalue weighted by atomic mass is 32.1. The van der Waals surface area contributed by atoms with Crippen LogP contribution in [0.15, 0.2) is 24.3 Å². The Morgan fingerprint density at radius 1 is 1.00 bits per heavy atom. The molecule has 0 N–H and O–H groups in total. The summed E-state index contributed by atoms with van der Waals surface area (Å²) < 4.78 is 5.99. The predicted octanol–water partition coefficient (Wildman–Crippen LogP) is 3.85. The zero-order valence-electron chi connectivity index (χ0n) is 17.3. The normalized spacial score (nSPS) is 25.7. The molecule has 5 rings (SSSR count). The molecule has 2 aromatic rings. The zero-order valence-corrected chi connectivity index (χ0v) is 18.1. The highest BCUT2D eigenvalue weighted by Crippen LogP contribution is 2.37. The van der Waals surface area contributed by atoms with Gasteiger partial charge in [0.05, 0.1) is 4.70 Å². The molecule has 156 valence electrons. The Bertz CT molecular complexity index is 844. The van der Waals surface area contributed by atoms with Gasteiger partial charge in [-0.15, -0.1) is 0 Å². The van der Waals surface area contributed by atoms with Crippen molar-refractivity contribution in [1.29, 1.82) is 0 Å². The van der Waals surface area contributed by atoms with Gasteiger partial charge in [-0.2, -0.15) is 4.37 Å². The van der Waals surface area contributed by atoms with Gasteiger partial charge in [0.15, 0.2) is 0 Å². The number of hydrogen-bond donors (Lipinski definition) is 0. The van der Waals surface area contributed by atoms with Crippen LogP contribution in [0.25, 0.3) is 10.1 Å². The number of likely N-dealkylation sites (tertiary alicyclic amines) is 1. The molecular weight excluding hydrogens is 380 g/mol. The van der Waals surface area contributed by atoms with E-state index < -0.39 is 0 Å².